The number of hydrogen-bond donors (Lipinski definition) is 0. The van der Waals surface area contributed by atoms with Crippen molar-refractivity contribution < 1.29 is 4.42 Å². The largest absolute Gasteiger partial charge is 0.437 e. The Hall–Kier alpha value is -3.67. The van der Waals surface area contributed by atoms with E-state index in [0.29, 0.717) is 23.2 Å². The maximum Gasteiger partial charge on any atom is 0.227 e. The Balaban J connectivity index is 1.63. The van der Waals surface area contributed by atoms with Gasteiger partial charge in [0.05, 0.1) is 5.69 Å². The Labute approximate surface area is 161 Å². The van der Waals surface area contributed by atoms with E-state index in [4.69, 9.17) is 4.42 Å². The molecule has 5 rings (SSSR count). The molecule has 0 radical (unpaired) electrons. The summed E-state index contributed by atoms with van der Waals surface area (Å²) >= 11 is 0. The van der Waals surface area contributed by atoms with Crippen molar-refractivity contribution in [3.05, 3.63) is 66.0 Å². The molecule has 6 heteroatoms. The van der Waals surface area contributed by atoms with Gasteiger partial charge in [-0.2, -0.15) is 0 Å². The SMILES string of the molecule is Cc1ccc2c(n1)oc1c(-c3ccc(-c4nc(C)nc(C)n4)cn3)cccc12. The molecule has 0 N–H and O–H groups in total. The standard InChI is InChI=1S/C22H17N5O/c1-12-7-9-17-16-5-4-6-18(20(16)28-22(17)24-12)19-10-8-15(11-23-19)21-26-13(2)25-14(3)27-21/h4-11H,1-3H3. The summed E-state index contributed by atoms with van der Waals surface area (Å²) < 4.78 is 6.08. The second-order valence-electron chi connectivity index (χ2n) is 6.78. The lowest BCUT2D eigenvalue weighted by Crippen LogP contribution is -1.99. The van der Waals surface area contributed by atoms with Crippen molar-refractivity contribution in [1.82, 2.24) is 24.9 Å². The number of rotatable bonds is 2. The van der Waals surface area contributed by atoms with Crippen molar-refractivity contribution in [2.45, 2.75) is 20.8 Å². The van der Waals surface area contributed by atoms with Gasteiger partial charge in [-0.15, -0.1) is 0 Å². The van der Waals surface area contributed by atoms with Crippen LogP contribution in [0, 0.1) is 20.8 Å². The first-order chi connectivity index (χ1) is 13.6. The Bertz CT molecular complexity index is 1320. The van der Waals surface area contributed by atoms with E-state index in [1.54, 1.807) is 6.20 Å². The predicted octanol–water partition coefficient (Wildman–Crippen LogP) is 4.82. The molecule has 136 valence electrons. The molecule has 0 aliphatic carbocycles. The van der Waals surface area contributed by atoms with Gasteiger partial charge in [-0.25, -0.2) is 19.9 Å². The van der Waals surface area contributed by atoms with Crippen LogP contribution in [-0.2, 0) is 0 Å². The van der Waals surface area contributed by atoms with Crippen LogP contribution in [0.25, 0.3) is 44.7 Å². The molecule has 5 aromatic rings. The van der Waals surface area contributed by atoms with Crippen molar-refractivity contribution >= 4 is 22.1 Å². The Morgan fingerprint density at radius 1 is 0.750 bits per heavy atom. The van der Waals surface area contributed by atoms with Gasteiger partial charge in [0.15, 0.2) is 5.82 Å². The molecule has 0 saturated heterocycles. The van der Waals surface area contributed by atoms with Gasteiger partial charge in [-0.1, -0.05) is 12.1 Å². The van der Waals surface area contributed by atoms with Crippen LogP contribution in [0.4, 0.5) is 0 Å². The first kappa shape index (κ1) is 16.5. The third-order valence-corrected chi connectivity index (χ3v) is 4.66. The first-order valence-electron chi connectivity index (χ1n) is 9.03. The Morgan fingerprint density at radius 3 is 2.32 bits per heavy atom. The molecule has 28 heavy (non-hydrogen) atoms. The Kier molecular flexibility index (Phi) is 3.65. The first-order valence-corrected chi connectivity index (χ1v) is 9.03. The number of aromatic nitrogens is 5. The van der Waals surface area contributed by atoms with Crippen LogP contribution in [0.1, 0.15) is 17.3 Å². The average molecular weight is 367 g/mol. The number of nitrogens with zero attached hydrogens (tertiary/aromatic N) is 5. The quantitative estimate of drug-likeness (QED) is 0.445. The third-order valence-electron chi connectivity index (χ3n) is 4.66. The van der Waals surface area contributed by atoms with Crippen molar-refractivity contribution in [3.8, 4) is 22.6 Å². The molecule has 0 spiro atoms. The zero-order chi connectivity index (χ0) is 19.3. The smallest absolute Gasteiger partial charge is 0.227 e. The van der Waals surface area contributed by atoms with E-state index in [2.05, 4.69) is 31.0 Å². The van der Waals surface area contributed by atoms with Crippen LogP contribution in [0.5, 0.6) is 0 Å². The molecule has 0 aliphatic heterocycles. The lowest BCUT2D eigenvalue weighted by Gasteiger charge is -2.05. The summed E-state index contributed by atoms with van der Waals surface area (Å²) in [4.78, 5) is 22.2. The fraction of sp³-hybridized carbons (Fsp3) is 0.136. The minimum atomic E-state index is 0.630. The summed E-state index contributed by atoms with van der Waals surface area (Å²) in [5, 5.41) is 2.05. The van der Waals surface area contributed by atoms with E-state index in [9.17, 15) is 0 Å². The maximum atomic E-state index is 6.08. The normalized spacial score (nSPS) is 11.4. The number of pyridine rings is 2. The molecule has 4 heterocycles. The van der Waals surface area contributed by atoms with Crippen LogP contribution in [-0.4, -0.2) is 24.9 Å². The minimum absolute atomic E-state index is 0.630. The average Bonchev–Trinajstić information content (AvgIpc) is 3.05. The number of fused-ring (bicyclic) bond motifs is 3. The van der Waals surface area contributed by atoms with Crippen molar-refractivity contribution in [2.75, 3.05) is 0 Å². The molecule has 0 amide bonds. The lowest BCUT2D eigenvalue weighted by atomic mass is 10.1. The molecule has 0 unspecified atom stereocenters. The molecular formula is C22H17N5O. The second-order valence-corrected chi connectivity index (χ2v) is 6.78. The summed E-state index contributed by atoms with van der Waals surface area (Å²) in [7, 11) is 0. The number of para-hydroxylation sites is 1. The molecule has 0 bridgehead atoms. The van der Waals surface area contributed by atoms with E-state index < -0.39 is 0 Å². The van der Waals surface area contributed by atoms with E-state index in [0.717, 1.165) is 38.9 Å². The molecule has 0 saturated carbocycles. The topological polar surface area (TPSA) is 77.6 Å². The van der Waals surface area contributed by atoms with Gasteiger partial charge in [0.1, 0.15) is 17.2 Å². The minimum Gasteiger partial charge on any atom is -0.437 e. The van der Waals surface area contributed by atoms with Gasteiger partial charge in [0, 0.05) is 33.8 Å². The fourth-order valence-electron chi connectivity index (χ4n) is 3.40. The van der Waals surface area contributed by atoms with E-state index in [1.165, 1.54) is 0 Å². The second kappa shape index (κ2) is 6.20. The van der Waals surface area contributed by atoms with Gasteiger partial charge < -0.3 is 4.42 Å². The highest BCUT2D eigenvalue weighted by atomic mass is 16.3. The molecule has 1 aromatic carbocycles. The van der Waals surface area contributed by atoms with Gasteiger partial charge in [-0.05, 0) is 51.1 Å². The number of hydrogen-bond acceptors (Lipinski definition) is 6. The lowest BCUT2D eigenvalue weighted by molar-refractivity contribution is 0.653. The van der Waals surface area contributed by atoms with Gasteiger partial charge >= 0.3 is 0 Å². The van der Waals surface area contributed by atoms with Crippen LogP contribution in [0.2, 0.25) is 0 Å². The van der Waals surface area contributed by atoms with Gasteiger partial charge in [-0.3, -0.25) is 4.98 Å². The molecular weight excluding hydrogens is 350 g/mol. The van der Waals surface area contributed by atoms with Crippen LogP contribution >= 0.6 is 0 Å². The van der Waals surface area contributed by atoms with Crippen molar-refractivity contribution in [3.63, 3.8) is 0 Å². The van der Waals surface area contributed by atoms with Crippen LogP contribution in [0.3, 0.4) is 0 Å². The van der Waals surface area contributed by atoms with Crippen molar-refractivity contribution in [1.29, 1.82) is 0 Å². The molecule has 4 aromatic heterocycles. The highest BCUT2D eigenvalue weighted by molar-refractivity contribution is 6.08. The summed E-state index contributed by atoms with van der Waals surface area (Å²) in [5.41, 5.74) is 4.98. The van der Waals surface area contributed by atoms with E-state index in [1.807, 2.05) is 57.2 Å². The van der Waals surface area contributed by atoms with Gasteiger partial charge in [0.2, 0.25) is 5.71 Å². The van der Waals surface area contributed by atoms with E-state index >= 15 is 0 Å². The summed E-state index contributed by atoms with van der Waals surface area (Å²) in [6.45, 7) is 5.68. The summed E-state index contributed by atoms with van der Waals surface area (Å²) in [5.74, 6) is 2.02. The molecule has 0 atom stereocenters. The van der Waals surface area contributed by atoms with Crippen molar-refractivity contribution in [2.24, 2.45) is 0 Å². The maximum absolute atomic E-state index is 6.08. The number of furan rings is 1. The highest BCUT2D eigenvalue weighted by Crippen LogP contribution is 2.34. The van der Waals surface area contributed by atoms with Gasteiger partial charge in [0.25, 0.3) is 0 Å². The third kappa shape index (κ3) is 2.70. The molecule has 6 nitrogen and oxygen atoms in total. The Morgan fingerprint density at radius 2 is 1.57 bits per heavy atom. The van der Waals surface area contributed by atoms with Crippen LogP contribution < -0.4 is 0 Å². The number of aryl methyl sites for hydroxylation is 3. The van der Waals surface area contributed by atoms with Crippen LogP contribution in [0.15, 0.2) is 53.1 Å². The zero-order valence-corrected chi connectivity index (χ0v) is 15.8. The summed E-state index contributed by atoms with van der Waals surface area (Å²) in [6.07, 6.45) is 1.79. The molecule has 0 aliphatic rings. The van der Waals surface area contributed by atoms with E-state index in [-0.39, 0.29) is 0 Å². The molecule has 0 fully saturated rings. The highest BCUT2D eigenvalue weighted by Gasteiger charge is 2.14. The zero-order valence-electron chi connectivity index (χ0n) is 15.8. The summed E-state index contributed by atoms with van der Waals surface area (Å²) in [6, 6.07) is 14.1. The monoisotopic (exact) mass is 367 g/mol. The number of benzene rings is 1. The fourth-order valence-corrected chi connectivity index (χ4v) is 3.40. The predicted molar refractivity (Wildman–Crippen MR) is 108 cm³/mol.